The number of amides is 1. The first-order valence-electron chi connectivity index (χ1n) is 11.0. The maximum atomic E-state index is 13.3. The summed E-state index contributed by atoms with van der Waals surface area (Å²) in [6.45, 7) is 3.39. The summed E-state index contributed by atoms with van der Waals surface area (Å²) in [7, 11) is 0. The molecule has 2 fully saturated rings. The van der Waals surface area contributed by atoms with Gasteiger partial charge in [-0.3, -0.25) is 4.79 Å². The van der Waals surface area contributed by atoms with E-state index in [9.17, 15) is 4.79 Å². The molecule has 0 spiro atoms. The van der Waals surface area contributed by atoms with E-state index >= 15 is 0 Å². The molecule has 156 valence electrons. The van der Waals surface area contributed by atoms with Gasteiger partial charge in [0.1, 0.15) is 11.8 Å². The van der Waals surface area contributed by atoms with Crippen molar-refractivity contribution in [3.05, 3.63) is 48.5 Å². The number of carbonyl (C=O) groups is 1. The number of hydrogen-bond donors (Lipinski definition) is 1. The van der Waals surface area contributed by atoms with Crippen molar-refractivity contribution < 1.29 is 4.79 Å². The highest BCUT2D eigenvalue weighted by molar-refractivity contribution is 5.84. The summed E-state index contributed by atoms with van der Waals surface area (Å²) in [5.41, 5.74) is 2.93. The number of carbonyl (C=O) groups excluding carboxylic acids is 1. The number of H-pyrrole nitrogens is 1. The number of likely N-dealkylation sites (tertiary alicyclic amines) is 1. The molecular weight excluding hydrogens is 376 g/mol. The number of nitrogens with one attached hydrogen (secondary N) is 1. The van der Waals surface area contributed by atoms with Gasteiger partial charge in [-0.05, 0) is 43.6 Å². The van der Waals surface area contributed by atoms with E-state index in [1.165, 1.54) is 5.56 Å². The molecule has 5 rings (SSSR count). The van der Waals surface area contributed by atoms with Crippen molar-refractivity contribution in [1.82, 2.24) is 24.8 Å². The highest BCUT2D eigenvalue weighted by atomic mass is 16.2. The van der Waals surface area contributed by atoms with E-state index in [2.05, 4.69) is 60.1 Å². The molecule has 2 aromatic heterocycles. The fourth-order valence-corrected chi connectivity index (χ4v) is 4.93. The first-order chi connectivity index (χ1) is 14.8. The number of nitrogens with zero attached hydrogens (tertiary/aromatic N) is 5. The van der Waals surface area contributed by atoms with Crippen LogP contribution in [0.1, 0.15) is 31.2 Å². The number of fused-ring (bicyclic) bond motifs is 1. The minimum Gasteiger partial charge on any atom is -0.354 e. The number of imidazole rings is 1. The van der Waals surface area contributed by atoms with Gasteiger partial charge >= 0.3 is 0 Å². The molecule has 2 aliphatic rings. The third-order valence-electron chi connectivity index (χ3n) is 6.57. The van der Waals surface area contributed by atoms with Gasteiger partial charge in [0.2, 0.25) is 5.91 Å². The van der Waals surface area contributed by atoms with E-state index in [0.717, 1.165) is 63.1 Å². The fraction of sp³-hybridized carbons (Fsp3) is 0.478. The Kier molecular flexibility index (Phi) is 5.34. The van der Waals surface area contributed by atoms with Crippen LogP contribution in [0, 0.1) is 11.8 Å². The summed E-state index contributed by atoms with van der Waals surface area (Å²) in [5.74, 6) is 1.88. The average Bonchev–Trinajstić information content (AvgIpc) is 3.29. The van der Waals surface area contributed by atoms with Gasteiger partial charge < -0.3 is 14.8 Å². The quantitative estimate of drug-likeness (QED) is 0.723. The number of rotatable bonds is 4. The zero-order chi connectivity index (χ0) is 20.3. The minimum atomic E-state index is 0.0392. The largest absolute Gasteiger partial charge is 0.354 e. The lowest BCUT2D eigenvalue weighted by molar-refractivity contribution is -0.137. The Balaban J connectivity index is 1.20. The van der Waals surface area contributed by atoms with Crippen LogP contribution < -0.4 is 4.90 Å². The van der Waals surface area contributed by atoms with Gasteiger partial charge in [-0.25, -0.2) is 15.0 Å². The molecule has 7 heteroatoms. The lowest BCUT2D eigenvalue weighted by atomic mass is 9.89. The Hall–Kier alpha value is -2.96. The predicted molar refractivity (Wildman–Crippen MR) is 116 cm³/mol. The van der Waals surface area contributed by atoms with Crippen molar-refractivity contribution >= 4 is 22.9 Å². The van der Waals surface area contributed by atoms with Crippen LogP contribution in [-0.4, -0.2) is 56.9 Å². The second-order valence-corrected chi connectivity index (χ2v) is 8.54. The average molecular weight is 405 g/mol. The Morgan fingerprint density at radius 2 is 1.87 bits per heavy atom. The molecule has 0 saturated carbocycles. The van der Waals surface area contributed by atoms with Crippen LogP contribution in [0.2, 0.25) is 0 Å². The van der Waals surface area contributed by atoms with E-state index in [-0.39, 0.29) is 5.92 Å². The van der Waals surface area contributed by atoms with Gasteiger partial charge in [0.15, 0.2) is 11.5 Å². The second kappa shape index (κ2) is 8.42. The SMILES string of the molecule is O=C(C1CCCN(c2ncnc3nc[nH]c23)C1)N1CCC(Cc2ccccc2)CC1. The topological polar surface area (TPSA) is 78.0 Å². The standard InChI is InChI=1S/C23H28N6O/c30-23(28-11-8-18(9-12-28)13-17-5-2-1-3-6-17)19-7-4-10-29(14-19)22-20-21(25-15-24-20)26-16-27-22/h1-3,5-6,15-16,18-19H,4,7-14H2,(H,24,25,26,27). The van der Waals surface area contributed by atoms with Gasteiger partial charge in [0.25, 0.3) is 0 Å². The molecule has 1 N–H and O–H groups in total. The normalized spacial score (nSPS) is 20.6. The molecule has 30 heavy (non-hydrogen) atoms. The molecule has 0 aliphatic carbocycles. The van der Waals surface area contributed by atoms with Crippen molar-refractivity contribution in [2.75, 3.05) is 31.1 Å². The number of benzene rings is 1. The fourth-order valence-electron chi connectivity index (χ4n) is 4.93. The molecule has 1 unspecified atom stereocenters. The second-order valence-electron chi connectivity index (χ2n) is 8.54. The number of piperidine rings is 2. The molecule has 4 heterocycles. The van der Waals surface area contributed by atoms with Crippen LogP contribution in [0.5, 0.6) is 0 Å². The summed E-state index contributed by atoms with van der Waals surface area (Å²) >= 11 is 0. The molecule has 2 saturated heterocycles. The highest BCUT2D eigenvalue weighted by Crippen LogP contribution is 2.28. The Morgan fingerprint density at radius 3 is 2.70 bits per heavy atom. The van der Waals surface area contributed by atoms with Crippen LogP contribution in [0.4, 0.5) is 5.82 Å². The zero-order valence-electron chi connectivity index (χ0n) is 17.2. The highest BCUT2D eigenvalue weighted by Gasteiger charge is 2.32. The maximum Gasteiger partial charge on any atom is 0.227 e. The number of hydrogen-bond acceptors (Lipinski definition) is 5. The van der Waals surface area contributed by atoms with Crippen LogP contribution in [0.3, 0.4) is 0 Å². The van der Waals surface area contributed by atoms with Crippen LogP contribution in [0.25, 0.3) is 11.2 Å². The van der Waals surface area contributed by atoms with Crippen molar-refractivity contribution in [3.63, 3.8) is 0 Å². The van der Waals surface area contributed by atoms with Crippen LogP contribution in [0.15, 0.2) is 43.0 Å². The molecule has 0 radical (unpaired) electrons. The molecule has 3 aromatic rings. The third-order valence-corrected chi connectivity index (χ3v) is 6.57. The molecule has 1 amide bonds. The lowest BCUT2D eigenvalue weighted by Crippen LogP contribution is -2.47. The van der Waals surface area contributed by atoms with E-state index < -0.39 is 0 Å². The smallest absolute Gasteiger partial charge is 0.227 e. The van der Waals surface area contributed by atoms with Crippen molar-refractivity contribution in [2.45, 2.75) is 32.1 Å². The Labute approximate surface area is 176 Å². The Morgan fingerprint density at radius 1 is 1.03 bits per heavy atom. The summed E-state index contributed by atoms with van der Waals surface area (Å²) in [6, 6.07) is 10.7. The summed E-state index contributed by atoms with van der Waals surface area (Å²) < 4.78 is 0. The van der Waals surface area contributed by atoms with Crippen molar-refractivity contribution in [2.24, 2.45) is 11.8 Å². The minimum absolute atomic E-state index is 0.0392. The van der Waals surface area contributed by atoms with Crippen LogP contribution >= 0.6 is 0 Å². The lowest BCUT2D eigenvalue weighted by Gasteiger charge is -2.38. The molecule has 1 atom stereocenters. The van der Waals surface area contributed by atoms with Crippen molar-refractivity contribution in [1.29, 1.82) is 0 Å². The molecular formula is C23H28N6O. The molecule has 7 nitrogen and oxygen atoms in total. The predicted octanol–water partition coefficient (Wildman–Crippen LogP) is 3.05. The maximum absolute atomic E-state index is 13.3. The first-order valence-corrected chi connectivity index (χ1v) is 11.0. The Bertz CT molecular complexity index is 995. The zero-order valence-corrected chi connectivity index (χ0v) is 17.2. The van der Waals surface area contributed by atoms with E-state index in [1.54, 1.807) is 12.7 Å². The third kappa shape index (κ3) is 3.88. The van der Waals surface area contributed by atoms with Gasteiger partial charge in [0, 0.05) is 26.2 Å². The van der Waals surface area contributed by atoms with Gasteiger partial charge in [-0.1, -0.05) is 30.3 Å². The summed E-state index contributed by atoms with van der Waals surface area (Å²) in [5, 5.41) is 0. The van der Waals surface area contributed by atoms with E-state index in [1.807, 2.05) is 0 Å². The number of aromatic nitrogens is 4. The molecule has 0 bridgehead atoms. The first kappa shape index (κ1) is 19.0. The van der Waals surface area contributed by atoms with Gasteiger partial charge in [-0.2, -0.15) is 0 Å². The van der Waals surface area contributed by atoms with Gasteiger partial charge in [0.05, 0.1) is 12.2 Å². The number of aromatic amines is 1. The summed E-state index contributed by atoms with van der Waals surface area (Å²) in [4.78, 5) is 33.6. The molecule has 1 aromatic carbocycles. The molecule has 2 aliphatic heterocycles. The van der Waals surface area contributed by atoms with Crippen LogP contribution in [-0.2, 0) is 11.2 Å². The van der Waals surface area contributed by atoms with E-state index in [0.29, 0.717) is 24.0 Å². The van der Waals surface area contributed by atoms with Crippen molar-refractivity contribution in [3.8, 4) is 0 Å². The monoisotopic (exact) mass is 404 g/mol. The summed E-state index contributed by atoms with van der Waals surface area (Å²) in [6.07, 6.45) is 8.47. The van der Waals surface area contributed by atoms with Gasteiger partial charge in [-0.15, -0.1) is 0 Å². The number of anilines is 1. The van der Waals surface area contributed by atoms with E-state index in [4.69, 9.17) is 0 Å².